The van der Waals surface area contributed by atoms with Gasteiger partial charge in [0.05, 0.1) is 0 Å². The molecule has 1 fully saturated rings. The number of nitrogens with zero attached hydrogens (tertiary/aromatic N) is 1. The zero-order valence-electron chi connectivity index (χ0n) is 12.4. The number of halogens is 1. The van der Waals surface area contributed by atoms with Gasteiger partial charge in [0.2, 0.25) is 0 Å². The lowest BCUT2D eigenvalue weighted by atomic mass is 9.83. The maximum atomic E-state index is 4.31. The molecule has 20 heavy (non-hydrogen) atoms. The van der Waals surface area contributed by atoms with Gasteiger partial charge in [-0.2, -0.15) is 11.3 Å². The summed E-state index contributed by atoms with van der Waals surface area (Å²) < 4.78 is 0. The van der Waals surface area contributed by atoms with Gasteiger partial charge in [-0.05, 0) is 47.1 Å². The lowest BCUT2D eigenvalue weighted by Gasteiger charge is -2.28. The molecular weight excluding hydrogens is 381 g/mol. The second kappa shape index (κ2) is 8.87. The molecule has 1 saturated carbocycles. The molecule has 1 heterocycles. The van der Waals surface area contributed by atoms with Crippen LogP contribution in [0.15, 0.2) is 21.8 Å². The number of hydrogen-bond donors (Lipinski definition) is 2. The van der Waals surface area contributed by atoms with E-state index >= 15 is 0 Å². The van der Waals surface area contributed by atoms with E-state index in [1.807, 2.05) is 7.05 Å². The van der Waals surface area contributed by atoms with E-state index in [2.05, 4.69) is 39.4 Å². The minimum atomic E-state index is 0. The summed E-state index contributed by atoms with van der Waals surface area (Å²) in [7, 11) is 1.84. The van der Waals surface area contributed by atoms with Gasteiger partial charge in [-0.15, -0.1) is 24.0 Å². The summed E-state index contributed by atoms with van der Waals surface area (Å²) in [4.78, 5) is 4.31. The van der Waals surface area contributed by atoms with Gasteiger partial charge in [0.1, 0.15) is 0 Å². The smallest absolute Gasteiger partial charge is 0.191 e. The summed E-state index contributed by atoms with van der Waals surface area (Å²) >= 11 is 1.74. The van der Waals surface area contributed by atoms with Gasteiger partial charge in [-0.25, -0.2) is 0 Å². The summed E-state index contributed by atoms with van der Waals surface area (Å²) in [5.74, 6) is 0.922. The topological polar surface area (TPSA) is 36.4 Å². The first-order valence-corrected chi connectivity index (χ1v) is 8.18. The van der Waals surface area contributed by atoms with Crippen LogP contribution in [0.25, 0.3) is 0 Å². The van der Waals surface area contributed by atoms with Crippen molar-refractivity contribution in [3.8, 4) is 0 Å². The van der Waals surface area contributed by atoms with Crippen molar-refractivity contribution in [2.24, 2.45) is 10.4 Å². The van der Waals surface area contributed by atoms with Crippen molar-refractivity contribution in [2.45, 2.75) is 45.6 Å². The van der Waals surface area contributed by atoms with E-state index in [0.29, 0.717) is 5.41 Å². The van der Waals surface area contributed by atoms with Crippen LogP contribution < -0.4 is 10.6 Å². The van der Waals surface area contributed by atoms with E-state index < -0.39 is 0 Å². The Morgan fingerprint density at radius 3 is 2.65 bits per heavy atom. The fourth-order valence-corrected chi connectivity index (χ4v) is 3.52. The Kier molecular flexibility index (Phi) is 7.87. The van der Waals surface area contributed by atoms with Crippen molar-refractivity contribution in [1.29, 1.82) is 0 Å². The van der Waals surface area contributed by atoms with Gasteiger partial charge in [0, 0.05) is 20.1 Å². The van der Waals surface area contributed by atoms with Gasteiger partial charge < -0.3 is 10.6 Å². The van der Waals surface area contributed by atoms with Crippen LogP contribution >= 0.6 is 35.3 Å². The molecule has 0 saturated heterocycles. The lowest BCUT2D eigenvalue weighted by molar-refractivity contribution is 0.283. The van der Waals surface area contributed by atoms with Crippen LogP contribution in [0.5, 0.6) is 0 Å². The van der Waals surface area contributed by atoms with Crippen LogP contribution in [0.2, 0.25) is 0 Å². The van der Waals surface area contributed by atoms with E-state index in [-0.39, 0.29) is 24.0 Å². The van der Waals surface area contributed by atoms with Crippen LogP contribution in [0, 0.1) is 5.41 Å². The first-order chi connectivity index (χ1) is 9.28. The number of thiophene rings is 1. The minimum Gasteiger partial charge on any atom is -0.356 e. The predicted octanol–water partition coefficient (Wildman–Crippen LogP) is 4.00. The maximum absolute atomic E-state index is 4.31. The Hall–Kier alpha value is -0.300. The largest absolute Gasteiger partial charge is 0.356 e. The molecule has 1 aliphatic rings. The summed E-state index contributed by atoms with van der Waals surface area (Å²) in [5.41, 5.74) is 1.82. The molecule has 0 aliphatic heterocycles. The highest BCUT2D eigenvalue weighted by Crippen LogP contribution is 2.40. The Labute approximate surface area is 143 Å². The second-order valence-electron chi connectivity index (χ2n) is 5.47. The van der Waals surface area contributed by atoms with E-state index in [0.717, 1.165) is 19.0 Å². The van der Waals surface area contributed by atoms with Crippen molar-refractivity contribution in [2.75, 3.05) is 13.6 Å². The van der Waals surface area contributed by atoms with Crippen LogP contribution in [-0.4, -0.2) is 19.6 Å². The molecule has 1 aromatic heterocycles. The minimum absolute atomic E-state index is 0. The highest BCUT2D eigenvalue weighted by molar-refractivity contribution is 14.0. The standard InChI is InChI=1S/C15H25N3S.HI/c1-3-15(7-4-5-8-15)12-18-14(16-2)17-10-13-6-9-19-11-13;/h6,9,11H,3-5,7-8,10,12H2,1-2H3,(H2,16,17,18);1H. The van der Waals surface area contributed by atoms with Crippen LogP contribution in [0.1, 0.15) is 44.6 Å². The average molecular weight is 407 g/mol. The third-order valence-electron chi connectivity index (χ3n) is 4.31. The molecule has 114 valence electrons. The Bertz CT molecular complexity index is 397. The van der Waals surface area contributed by atoms with Crippen LogP contribution in [-0.2, 0) is 6.54 Å². The van der Waals surface area contributed by atoms with Gasteiger partial charge in [-0.3, -0.25) is 4.99 Å². The first-order valence-electron chi connectivity index (χ1n) is 7.23. The summed E-state index contributed by atoms with van der Waals surface area (Å²) in [6, 6.07) is 2.15. The van der Waals surface area contributed by atoms with Crippen LogP contribution in [0.3, 0.4) is 0 Å². The SMILES string of the molecule is CCC1(CNC(=NC)NCc2ccsc2)CCCC1.I. The molecule has 0 radical (unpaired) electrons. The summed E-state index contributed by atoms with van der Waals surface area (Å²) in [6.45, 7) is 4.21. The first kappa shape index (κ1) is 17.8. The molecule has 0 bridgehead atoms. The van der Waals surface area contributed by atoms with Crippen molar-refractivity contribution < 1.29 is 0 Å². The molecule has 0 atom stereocenters. The zero-order valence-corrected chi connectivity index (χ0v) is 15.6. The van der Waals surface area contributed by atoms with Gasteiger partial charge in [-0.1, -0.05) is 19.8 Å². The van der Waals surface area contributed by atoms with Gasteiger partial charge in [0.25, 0.3) is 0 Å². The molecule has 5 heteroatoms. The number of guanidine groups is 1. The molecular formula is C15H26IN3S. The van der Waals surface area contributed by atoms with E-state index in [1.54, 1.807) is 11.3 Å². The van der Waals surface area contributed by atoms with Gasteiger partial charge in [0.15, 0.2) is 5.96 Å². The summed E-state index contributed by atoms with van der Waals surface area (Å²) in [6.07, 6.45) is 6.75. The van der Waals surface area contributed by atoms with Crippen molar-refractivity contribution in [3.63, 3.8) is 0 Å². The third kappa shape index (κ3) is 4.91. The molecule has 1 aliphatic carbocycles. The van der Waals surface area contributed by atoms with E-state index in [1.165, 1.54) is 37.7 Å². The normalized spacial score (nSPS) is 17.6. The lowest BCUT2D eigenvalue weighted by Crippen LogP contribution is -2.42. The summed E-state index contributed by atoms with van der Waals surface area (Å²) in [5, 5.41) is 11.2. The molecule has 0 amide bonds. The van der Waals surface area contributed by atoms with Crippen LogP contribution in [0.4, 0.5) is 0 Å². The fourth-order valence-electron chi connectivity index (χ4n) is 2.85. The maximum Gasteiger partial charge on any atom is 0.191 e. The second-order valence-corrected chi connectivity index (χ2v) is 6.25. The molecule has 2 N–H and O–H groups in total. The average Bonchev–Trinajstić information content (AvgIpc) is 3.11. The predicted molar refractivity (Wildman–Crippen MR) is 99.1 cm³/mol. The Morgan fingerprint density at radius 2 is 2.10 bits per heavy atom. The van der Waals surface area contributed by atoms with Crippen molar-refractivity contribution in [1.82, 2.24) is 10.6 Å². The Balaban J connectivity index is 0.00000200. The van der Waals surface area contributed by atoms with Crippen molar-refractivity contribution >= 4 is 41.3 Å². The third-order valence-corrected chi connectivity index (χ3v) is 5.04. The molecule has 1 aromatic rings. The zero-order chi connectivity index (χ0) is 13.6. The van der Waals surface area contributed by atoms with Crippen molar-refractivity contribution in [3.05, 3.63) is 22.4 Å². The monoisotopic (exact) mass is 407 g/mol. The molecule has 0 spiro atoms. The number of nitrogens with one attached hydrogen (secondary N) is 2. The number of aliphatic imine (C=N–C) groups is 1. The number of hydrogen-bond acceptors (Lipinski definition) is 2. The fraction of sp³-hybridized carbons (Fsp3) is 0.667. The van der Waals surface area contributed by atoms with Gasteiger partial charge >= 0.3 is 0 Å². The molecule has 3 nitrogen and oxygen atoms in total. The molecule has 0 unspecified atom stereocenters. The number of rotatable bonds is 5. The van der Waals surface area contributed by atoms with E-state index in [9.17, 15) is 0 Å². The Morgan fingerprint density at radius 1 is 1.35 bits per heavy atom. The molecule has 2 rings (SSSR count). The molecule has 0 aromatic carbocycles. The highest BCUT2D eigenvalue weighted by Gasteiger charge is 2.31. The quantitative estimate of drug-likeness (QED) is 0.440. The highest BCUT2D eigenvalue weighted by atomic mass is 127. The van der Waals surface area contributed by atoms with E-state index in [4.69, 9.17) is 0 Å².